The minimum absolute atomic E-state index is 0.0683. The Morgan fingerprint density at radius 2 is 1.97 bits per heavy atom. The van der Waals surface area contributed by atoms with Crippen molar-refractivity contribution in [1.29, 1.82) is 0 Å². The zero-order chi connectivity index (χ0) is 22.7. The van der Waals surface area contributed by atoms with Crippen LogP contribution in [0.5, 0.6) is 5.75 Å². The monoisotopic (exact) mass is 422 g/mol. The maximum Gasteiger partial charge on any atom is 0.410 e. The molecular weight excluding hydrogens is 384 g/mol. The number of carbonyl (C=O) groups excluding carboxylic acids is 1. The predicted molar refractivity (Wildman–Crippen MR) is 120 cm³/mol. The van der Waals surface area contributed by atoms with Crippen LogP contribution in [0.1, 0.15) is 53.2 Å². The van der Waals surface area contributed by atoms with Crippen LogP contribution in [-0.4, -0.2) is 67.0 Å². The molecule has 0 radical (unpaired) electrons. The molecule has 0 aliphatic rings. The Labute approximate surface area is 180 Å². The van der Waals surface area contributed by atoms with Crippen LogP contribution in [-0.2, 0) is 4.74 Å². The van der Waals surface area contributed by atoms with E-state index >= 15 is 0 Å². The molecule has 3 N–H and O–H groups in total. The lowest BCUT2D eigenvalue weighted by atomic mass is 10.1. The second kappa shape index (κ2) is 12.3. The van der Waals surface area contributed by atoms with Crippen LogP contribution >= 0.6 is 0 Å². The van der Waals surface area contributed by atoms with Gasteiger partial charge in [-0.1, -0.05) is 12.1 Å². The van der Waals surface area contributed by atoms with Gasteiger partial charge in [-0.15, -0.1) is 0 Å². The van der Waals surface area contributed by atoms with Gasteiger partial charge in [0.1, 0.15) is 11.4 Å². The summed E-state index contributed by atoms with van der Waals surface area (Å²) in [6.07, 6.45) is -1.05. The van der Waals surface area contributed by atoms with Crippen LogP contribution < -0.4 is 15.4 Å². The number of rotatable bonds is 9. The molecule has 8 heteroatoms. The summed E-state index contributed by atoms with van der Waals surface area (Å²) in [5.74, 6) is 1.30. The zero-order valence-corrected chi connectivity index (χ0v) is 19.4. The highest BCUT2D eigenvalue weighted by molar-refractivity contribution is 5.79. The van der Waals surface area contributed by atoms with Crippen molar-refractivity contribution in [3.63, 3.8) is 0 Å². The summed E-state index contributed by atoms with van der Waals surface area (Å²) in [4.78, 5) is 18.0. The number of ether oxygens (including phenoxy) is 2. The fraction of sp³-hybridized carbons (Fsp3) is 0.636. The topological polar surface area (TPSA) is 95.4 Å². The molecule has 1 atom stereocenters. The molecule has 1 rings (SSSR count). The second-order valence-electron chi connectivity index (χ2n) is 8.30. The summed E-state index contributed by atoms with van der Waals surface area (Å²) in [7, 11) is 1.69. The number of likely N-dealkylation sites (N-methyl/N-ethyl adjacent to an activating group) is 1. The average Bonchev–Trinajstić information content (AvgIpc) is 2.64. The Hall–Kier alpha value is -2.48. The first-order valence-corrected chi connectivity index (χ1v) is 10.4. The van der Waals surface area contributed by atoms with E-state index in [1.165, 1.54) is 4.90 Å². The lowest BCUT2D eigenvalue weighted by molar-refractivity contribution is 0.0302. The van der Waals surface area contributed by atoms with Crippen molar-refractivity contribution < 1.29 is 19.4 Å². The van der Waals surface area contributed by atoms with Crippen LogP contribution in [0.2, 0.25) is 0 Å². The molecule has 0 aliphatic carbocycles. The van der Waals surface area contributed by atoms with Crippen molar-refractivity contribution in [2.24, 2.45) is 4.99 Å². The molecule has 30 heavy (non-hydrogen) atoms. The molecule has 0 saturated heterocycles. The van der Waals surface area contributed by atoms with Crippen molar-refractivity contribution in [3.05, 3.63) is 29.8 Å². The van der Waals surface area contributed by atoms with Gasteiger partial charge >= 0.3 is 6.09 Å². The van der Waals surface area contributed by atoms with Crippen molar-refractivity contribution in [3.8, 4) is 5.75 Å². The molecule has 0 spiro atoms. The third-order valence-corrected chi connectivity index (χ3v) is 3.83. The molecule has 1 aromatic rings. The van der Waals surface area contributed by atoms with E-state index in [9.17, 15) is 9.90 Å². The average molecular weight is 423 g/mol. The van der Waals surface area contributed by atoms with E-state index in [0.717, 1.165) is 11.3 Å². The number of hydrogen-bond acceptors (Lipinski definition) is 5. The summed E-state index contributed by atoms with van der Waals surface area (Å²) in [5.41, 5.74) is 0.223. The second-order valence-corrected chi connectivity index (χ2v) is 8.30. The summed E-state index contributed by atoms with van der Waals surface area (Å²) in [6.45, 7) is 13.2. The van der Waals surface area contributed by atoms with Gasteiger partial charge in [-0.3, -0.25) is 4.99 Å². The molecule has 0 heterocycles. The molecule has 0 aromatic heterocycles. The van der Waals surface area contributed by atoms with Crippen molar-refractivity contribution in [1.82, 2.24) is 15.5 Å². The Morgan fingerprint density at radius 1 is 1.27 bits per heavy atom. The standard InChI is InChI=1S/C22H38N4O4/c1-8-23-20(24-12-13-26(7)21(28)30-22(4,5)6)25-15-19(27)17-10-9-11-18(14-17)29-16(2)3/h9-11,14,16,19,27H,8,12-13,15H2,1-7H3,(H2,23,24,25). The molecule has 0 saturated carbocycles. The zero-order valence-electron chi connectivity index (χ0n) is 19.4. The van der Waals surface area contributed by atoms with E-state index in [4.69, 9.17) is 9.47 Å². The number of carbonyl (C=O) groups is 1. The first-order valence-electron chi connectivity index (χ1n) is 10.4. The first-order chi connectivity index (χ1) is 14.0. The minimum Gasteiger partial charge on any atom is -0.491 e. The summed E-state index contributed by atoms with van der Waals surface area (Å²) < 4.78 is 11.0. The van der Waals surface area contributed by atoms with Gasteiger partial charge in [-0.2, -0.15) is 0 Å². The highest BCUT2D eigenvalue weighted by atomic mass is 16.6. The number of nitrogens with one attached hydrogen (secondary N) is 2. The Balaban J connectivity index is 2.60. The van der Waals surface area contributed by atoms with Crippen molar-refractivity contribution >= 4 is 12.1 Å². The number of benzene rings is 1. The highest BCUT2D eigenvalue weighted by Gasteiger charge is 2.19. The molecule has 1 aromatic carbocycles. The fourth-order valence-corrected chi connectivity index (χ4v) is 2.47. The smallest absolute Gasteiger partial charge is 0.410 e. The largest absolute Gasteiger partial charge is 0.491 e. The maximum absolute atomic E-state index is 12.0. The molecule has 170 valence electrons. The number of amides is 1. The van der Waals surface area contributed by atoms with Crippen molar-refractivity contribution in [2.75, 3.05) is 33.2 Å². The number of aliphatic imine (C=N–C) groups is 1. The quantitative estimate of drug-likeness (QED) is 0.418. The van der Waals surface area contributed by atoms with Gasteiger partial charge in [0.15, 0.2) is 5.96 Å². The molecule has 8 nitrogen and oxygen atoms in total. The first kappa shape index (κ1) is 25.6. The van der Waals surface area contributed by atoms with E-state index in [0.29, 0.717) is 25.6 Å². The van der Waals surface area contributed by atoms with Crippen LogP contribution in [0, 0.1) is 0 Å². The van der Waals surface area contributed by atoms with Crippen LogP contribution in [0.3, 0.4) is 0 Å². The molecular formula is C22H38N4O4. The molecule has 0 bridgehead atoms. The molecule has 1 unspecified atom stereocenters. The third-order valence-electron chi connectivity index (χ3n) is 3.83. The molecule has 0 aliphatic heterocycles. The predicted octanol–water partition coefficient (Wildman–Crippen LogP) is 2.93. The highest BCUT2D eigenvalue weighted by Crippen LogP contribution is 2.20. The number of guanidine groups is 1. The summed E-state index contributed by atoms with van der Waals surface area (Å²) >= 11 is 0. The van der Waals surface area contributed by atoms with Gasteiger partial charge < -0.3 is 30.1 Å². The van der Waals surface area contributed by atoms with Crippen LogP contribution in [0.15, 0.2) is 29.3 Å². The summed E-state index contributed by atoms with van der Waals surface area (Å²) in [6, 6.07) is 7.40. The fourth-order valence-electron chi connectivity index (χ4n) is 2.47. The van der Waals surface area contributed by atoms with E-state index in [1.807, 2.05) is 65.8 Å². The van der Waals surface area contributed by atoms with E-state index in [1.54, 1.807) is 7.05 Å². The number of aliphatic hydroxyl groups is 1. The van der Waals surface area contributed by atoms with Crippen LogP contribution in [0.4, 0.5) is 4.79 Å². The van der Waals surface area contributed by atoms with Gasteiger partial charge in [0, 0.05) is 26.7 Å². The van der Waals surface area contributed by atoms with E-state index in [2.05, 4.69) is 15.6 Å². The number of nitrogens with zero attached hydrogens (tertiary/aromatic N) is 2. The lowest BCUT2D eigenvalue weighted by Crippen LogP contribution is -2.43. The van der Waals surface area contributed by atoms with Gasteiger partial charge in [0.05, 0.1) is 18.8 Å². The lowest BCUT2D eigenvalue weighted by Gasteiger charge is -2.25. The number of aliphatic hydroxyl groups excluding tert-OH is 1. The Morgan fingerprint density at radius 3 is 2.57 bits per heavy atom. The third kappa shape index (κ3) is 10.3. The number of hydrogen-bond donors (Lipinski definition) is 3. The Kier molecular flexibility index (Phi) is 10.5. The van der Waals surface area contributed by atoms with Gasteiger partial charge in [0.25, 0.3) is 0 Å². The maximum atomic E-state index is 12.0. The SMILES string of the molecule is CCNC(=NCC(O)c1cccc(OC(C)C)c1)NCCN(C)C(=O)OC(C)(C)C. The van der Waals surface area contributed by atoms with Gasteiger partial charge in [-0.25, -0.2) is 4.79 Å². The Bertz CT molecular complexity index is 686. The molecule has 1 amide bonds. The van der Waals surface area contributed by atoms with E-state index in [-0.39, 0.29) is 18.7 Å². The van der Waals surface area contributed by atoms with Gasteiger partial charge in [-0.05, 0) is 59.2 Å². The van der Waals surface area contributed by atoms with Crippen LogP contribution in [0.25, 0.3) is 0 Å². The minimum atomic E-state index is -0.749. The van der Waals surface area contributed by atoms with Crippen molar-refractivity contribution in [2.45, 2.75) is 59.4 Å². The van der Waals surface area contributed by atoms with E-state index < -0.39 is 11.7 Å². The molecule has 0 fully saturated rings. The van der Waals surface area contributed by atoms with Gasteiger partial charge in [0.2, 0.25) is 0 Å². The normalized spacial score (nSPS) is 13.0. The summed E-state index contributed by atoms with van der Waals surface area (Å²) in [5, 5.41) is 16.8.